The van der Waals surface area contributed by atoms with Crippen molar-refractivity contribution in [1.29, 1.82) is 0 Å². The van der Waals surface area contributed by atoms with E-state index in [4.69, 9.17) is 56.8 Å². The van der Waals surface area contributed by atoms with E-state index in [2.05, 4.69) is 29.5 Å². The van der Waals surface area contributed by atoms with Crippen molar-refractivity contribution >= 4 is 22.6 Å². The molecule has 0 rings (SSSR count). The average Bonchev–Trinajstić information content (AvgIpc) is 2.98. The van der Waals surface area contributed by atoms with Crippen LogP contribution in [0.25, 0.3) is 0 Å². The van der Waals surface area contributed by atoms with E-state index in [1.165, 1.54) is 0 Å². The van der Waals surface area contributed by atoms with E-state index < -0.39 is 0 Å². The number of ether oxygens (including phenoxy) is 12. The van der Waals surface area contributed by atoms with Gasteiger partial charge < -0.3 is 56.8 Å². The van der Waals surface area contributed by atoms with Crippen LogP contribution in [0.15, 0.2) is 0 Å². The molecule has 0 atom stereocenters. The van der Waals surface area contributed by atoms with E-state index in [1.807, 2.05) is 0 Å². The van der Waals surface area contributed by atoms with Crippen molar-refractivity contribution in [2.24, 2.45) is 0 Å². The van der Waals surface area contributed by atoms with Crippen LogP contribution < -0.4 is 0 Å². The van der Waals surface area contributed by atoms with Gasteiger partial charge in [-0.1, -0.05) is 35.9 Å². The molecule has 0 unspecified atom stereocenters. The fourth-order valence-corrected chi connectivity index (χ4v) is 3.13. The van der Waals surface area contributed by atoms with Crippen LogP contribution in [0.5, 0.6) is 0 Å². The number of halogens is 1. The molecule has 0 bridgehead atoms. The zero-order valence-electron chi connectivity index (χ0n) is 25.4. The number of alkyl halides is 1. The summed E-state index contributed by atoms with van der Waals surface area (Å²) in [6.07, 6.45) is 2.24. The number of hydrogen-bond acceptors (Lipinski definition) is 12. The molecule has 12 nitrogen and oxygen atoms in total. The molecule has 0 aromatic carbocycles. The molecule has 0 radical (unpaired) electrons. The van der Waals surface area contributed by atoms with Gasteiger partial charge in [-0.2, -0.15) is 0 Å². The Morgan fingerprint density at radius 1 is 0.268 bits per heavy atom. The fourth-order valence-electron chi connectivity index (χ4n) is 2.82. The Morgan fingerprint density at radius 2 is 0.439 bits per heavy atom. The first-order valence-electron chi connectivity index (χ1n) is 14.9. The summed E-state index contributed by atoms with van der Waals surface area (Å²) in [5, 5.41) is 0. The maximum atomic E-state index is 5.47. The first-order chi connectivity index (χ1) is 20.4. The second-order valence-electron chi connectivity index (χ2n) is 8.39. The lowest BCUT2D eigenvalue weighted by molar-refractivity contribution is -0.0282. The topological polar surface area (TPSA) is 111 Å². The molecule has 13 heteroatoms. The highest BCUT2D eigenvalue weighted by molar-refractivity contribution is 14.1. The van der Waals surface area contributed by atoms with Gasteiger partial charge in [0.05, 0.1) is 152 Å². The van der Waals surface area contributed by atoms with Gasteiger partial charge in [-0.05, 0) is 6.42 Å². The smallest absolute Gasteiger partial charge is 0.0701 e. The average molecular weight is 713 g/mol. The highest BCUT2D eigenvalue weighted by Crippen LogP contribution is 1.89. The van der Waals surface area contributed by atoms with Crippen LogP contribution in [0.3, 0.4) is 0 Å². The second-order valence-corrected chi connectivity index (χ2v) is 9.47. The Morgan fingerprint density at radius 3 is 0.610 bits per heavy atom. The maximum absolute atomic E-state index is 5.47. The quantitative estimate of drug-likeness (QED) is 0.0533. The Kier molecular flexibility index (Phi) is 40.5. The minimum atomic E-state index is 0.521. The standard InChI is InChI=1S/C28H57IO12/c1-2-3-5-30-7-9-32-11-13-34-15-17-36-19-21-38-23-25-40-27-28-41-26-24-39-22-20-37-18-16-35-14-12-33-10-8-31-6-4-29/h2-28H2,1H3. The van der Waals surface area contributed by atoms with Crippen LogP contribution in [0.2, 0.25) is 0 Å². The SMILES string of the molecule is CCCCOCCOCCOCCOCCOCCOCCOCCOCCOCCOCCOCCOCCI. The van der Waals surface area contributed by atoms with E-state index in [9.17, 15) is 0 Å². The van der Waals surface area contributed by atoms with E-state index in [-0.39, 0.29) is 0 Å². The van der Waals surface area contributed by atoms with Crippen LogP contribution in [0.4, 0.5) is 0 Å². The van der Waals surface area contributed by atoms with Gasteiger partial charge in [0.2, 0.25) is 0 Å². The number of hydrogen-bond donors (Lipinski definition) is 0. The highest BCUT2D eigenvalue weighted by atomic mass is 127. The summed E-state index contributed by atoms with van der Waals surface area (Å²) in [6.45, 7) is 15.8. The Bertz CT molecular complexity index is 416. The highest BCUT2D eigenvalue weighted by Gasteiger charge is 1.96. The molecule has 41 heavy (non-hydrogen) atoms. The minimum Gasteiger partial charge on any atom is -0.379 e. The molecule has 0 aromatic heterocycles. The number of rotatable bonds is 38. The van der Waals surface area contributed by atoms with Gasteiger partial charge in [0.25, 0.3) is 0 Å². The Balaban J connectivity index is 3.02. The van der Waals surface area contributed by atoms with Crippen LogP contribution >= 0.6 is 22.6 Å². The molecule has 0 saturated carbocycles. The Labute approximate surface area is 261 Å². The number of unbranched alkanes of at least 4 members (excludes halogenated alkanes) is 1. The molecule has 0 fully saturated rings. The summed E-state index contributed by atoms with van der Waals surface area (Å²) in [6, 6.07) is 0. The van der Waals surface area contributed by atoms with Crippen LogP contribution in [0, 0.1) is 0 Å². The normalized spacial score (nSPS) is 11.6. The van der Waals surface area contributed by atoms with Crippen molar-refractivity contribution in [2.45, 2.75) is 19.8 Å². The van der Waals surface area contributed by atoms with Gasteiger partial charge in [-0.3, -0.25) is 0 Å². The third-order valence-electron chi connectivity index (χ3n) is 4.96. The van der Waals surface area contributed by atoms with Gasteiger partial charge in [0.1, 0.15) is 0 Å². The lowest BCUT2D eigenvalue weighted by Gasteiger charge is -2.09. The molecule has 0 aromatic rings. The third-order valence-corrected chi connectivity index (χ3v) is 5.40. The van der Waals surface area contributed by atoms with Gasteiger partial charge in [0, 0.05) is 11.0 Å². The molecule has 0 aliphatic carbocycles. The van der Waals surface area contributed by atoms with Gasteiger partial charge in [-0.25, -0.2) is 0 Å². The van der Waals surface area contributed by atoms with Crippen molar-refractivity contribution in [1.82, 2.24) is 0 Å². The summed E-state index contributed by atoms with van der Waals surface area (Å²) < 4.78 is 66.3. The van der Waals surface area contributed by atoms with E-state index in [0.717, 1.165) is 30.5 Å². The predicted molar refractivity (Wildman–Crippen MR) is 164 cm³/mol. The fraction of sp³-hybridized carbons (Fsp3) is 1.00. The Hall–Kier alpha value is 0.250. The summed E-state index contributed by atoms with van der Waals surface area (Å²) in [7, 11) is 0. The van der Waals surface area contributed by atoms with Crippen LogP contribution in [-0.2, 0) is 56.8 Å². The summed E-state index contributed by atoms with van der Waals surface area (Å²) in [4.78, 5) is 0. The first-order valence-corrected chi connectivity index (χ1v) is 16.4. The first kappa shape index (κ1) is 41.2. The van der Waals surface area contributed by atoms with Gasteiger partial charge >= 0.3 is 0 Å². The summed E-state index contributed by atoms with van der Waals surface area (Å²) in [5.41, 5.74) is 0. The molecule has 0 saturated heterocycles. The van der Waals surface area contributed by atoms with Crippen molar-refractivity contribution < 1.29 is 56.8 Å². The van der Waals surface area contributed by atoms with Crippen molar-refractivity contribution in [3.8, 4) is 0 Å². The van der Waals surface area contributed by atoms with Crippen molar-refractivity contribution in [2.75, 3.05) is 163 Å². The molecule has 0 amide bonds. The van der Waals surface area contributed by atoms with Crippen LogP contribution in [-0.4, -0.2) is 163 Å². The summed E-state index contributed by atoms with van der Waals surface area (Å²) >= 11 is 2.28. The molecule has 0 aliphatic heterocycles. The lowest BCUT2D eigenvalue weighted by Crippen LogP contribution is -2.15. The lowest BCUT2D eigenvalue weighted by atomic mass is 10.4. The van der Waals surface area contributed by atoms with E-state index in [0.29, 0.717) is 145 Å². The molecular weight excluding hydrogens is 655 g/mol. The van der Waals surface area contributed by atoms with Crippen molar-refractivity contribution in [3.63, 3.8) is 0 Å². The van der Waals surface area contributed by atoms with Crippen LogP contribution in [0.1, 0.15) is 19.8 Å². The molecule has 0 aliphatic rings. The molecule has 0 spiro atoms. The molecule has 0 heterocycles. The third kappa shape index (κ3) is 40.2. The maximum Gasteiger partial charge on any atom is 0.0701 e. The van der Waals surface area contributed by atoms with E-state index in [1.54, 1.807) is 0 Å². The van der Waals surface area contributed by atoms with Crippen molar-refractivity contribution in [3.05, 3.63) is 0 Å². The largest absolute Gasteiger partial charge is 0.379 e. The zero-order valence-corrected chi connectivity index (χ0v) is 27.5. The minimum absolute atomic E-state index is 0.521. The molecule has 0 N–H and O–H groups in total. The monoisotopic (exact) mass is 712 g/mol. The second kappa shape index (κ2) is 40.2. The predicted octanol–water partition coefficient (Wildman–Crippen LogP) is 2.42. The summed E-state index contributed by atoms with van der Waals surface area (Å²) in [5.74, 6) is 0. The van der Waals surface area contributed by atoms with Gasteiger partial charge in [0.15, 0.2) is 0 Å². The van der Waals surface area contributed by atoms with Gasteiger partial charge in [-0.15, -0.1) is 0 Å². The molecule has 248 valence electrons. The molecular formula is C28H57IO12. The zero-order chi connectivity index (χ0) is 29.6. The van der Waals surface area contributed by atoms with E-state index >= 15 is 0 Å².